The molecule has 0 aliphatic rings. The minimum absolute atomic E-state index is 0.0951. The number of benzene rings is 2. The number of carbonyl (C=O) groups excluding carboxylic acids is 1. The number of aromatic nitrogens is 3. The number of nitrogens with zero attached hydrogens (tertiary/aromatic N) is 3. The molecule has 0 bridgehead atoms. The number of aryl methyl sites for hydroxylation is 3. The van der Waals surface area contributed by atoms with Gasteiger partial charge in [0.25, 0.3) is 5.91 Å². The van der Waals surface area contributed by atoms with Crippen LogP contribution in [0.25, 0.3) is 10.6 Å². The summed E-state index contributed by atoms with van der Waals surface area (Å²) in [5.41, 5.74) is 4.03. The molecule has 1 amide bonds. The molecule has 0 saturated carbocycles. The van der Waals surface area contributed by atoms with Crippen molar-refractivity contribution in [2.75, 3.05) is 5.32 Å². The maximum absolute atomic E-state index is 13.8. The van der Waals surface area contributed by atoms with Gasteiger partial charge in [-0.2, -0.15) is 0 Å². The van der Waals surface area contributed by atoms with Gasteiger partial charge in [-0.15, -0.1) is 10.2 Å². The molecule has 0 saturated heterocycles. The van der Waals surface area contributed by atoms with Crippen LogP contribution in [0.15, 0.2) is 54.7 Å². The summed E-state index contributed by atoms with van der Waals surface area (Å²) >= 11 is 1.46. The predicted molar refractivity (Wildman–Crippen MR) is 145 cm³/mol. The van der Waals surface area contributed by atoms with Crippen molar-refractivity contribution in [2.45, 2.75) is 46.2 Å². The Morgan fingerprint density at radius 2 is 1.84 bits per heavy atom. The number of hydrogen-bond donors (Lipinski definition) is 3. The van der Waals surface area contributed by atoms with Crippen LogP contribution in [0.4, 0.5) is 10.2 Å². The van der Waals surface area contributed by atoms with Gasteiger partial charge in [-0.1, -0.05) is 42.5 Å². The van der Waals surface area contributed by atoms with Crippen LogP contribution in [-0.4, -0.2) is 38.2 Å². The highest BCUT2D eigenvalue weighted by molar-refractivity contribution is 7.14. The van der Waals surface area contributed by atoms with E-state index in [2.05, 4.69) is 25.8 Å². The molecular formula is C28H28FN5O3S. The molecule has 2 aromatic heterocycles. The van der Waals surface area contributed by atoms with E-state index in [9.17, 15) is 19.1 Å². The third-order valence-corrected chi connectivity index (χ3v) is 7.01. The van der Waals surface area contributed by atoms with Gasteiger partial charge in [0.2, 0.25) is 0 Å². The fourth-order valence-electron chi connectivity index (χ4n) is 4.11. The molecule has 3 N–H and O–H groups in total. The first-order chi connectivity index (χ1) is 18.2. The van der Waals surface area contributed by atoms with E-state index in [-0.39, 0.29) is 6.42 Å². The zero-order valence-corrected chi connectivity index (χ0v) is 22.1. The minimum atomic E-state index is -1.15. The topological polar surface area (TPSA) is 117 Å². The SMILES string of the molecule is CCc1cc(F)cc(C)c1C(=O)NC(Cc1ccc(-c2nnc(CNc3cc(C)ccn3)s2)cc1)C(=O)O. The maximum atomic E-state index is 13.8. The minimum Gasteiger partial charge on any atom is -0.480 e. The number of aliphatic carboxylic acids is 1. The van der Waals surface area contributed by atoms with E-state index in [4.69, 9.17) is 0 Å². The van der Waals surface area contributed by atoms with E-state index in [1.54, 1.807) is 13.1 Å². The summed E-state index contributed by atoms with van der Waals surface area (Å²) in [6, 6.07) is 12.7. The first-order valence-corrected chi connectivity index (χ1v) is 13.0. The van der Waals surface area contributed by atoms with E-state index in [0.717, 1.165) is 32.5 Å². The number of nitrogens with one attached hydrogen (secondary N) is 2. The molecule has 0 aliphatic carbocycles. The number of hydrogen-bond acceptors (Lipinski definition) is 7. The van der Waals surface area contributed by atoms with Crippen LogP contribution in [0.5, 0.6) is 0 Å². The molecule has 4 rings (SSSR count). The van der Waals surface area contributed by atoms with Crippen molar-refractivity contribution >= 4 is 29.0 Å². The second kappa shape index (κ2) is 11.9. The van der Waals surface area contributed by atoms with Gasteiger partial charge in [0.1, 0.15) is 27.7 Å². The lowest BCUT2D eigenvalue weighted by molar-refractivity contribution is -0.139. The summed E-state index contributed by atoms with van der Waals surface area (Å²) in [6.07, 6.45) is 2.29. The molecule has 196 valence electrons. The lowest BCUT2D eigenvalue weighted by Crippen LogP contribution is -2.42. The molecule has 10 heteroatoms. The molecular weight excluding hydrogens is 505 g/mol. The summed E-state index contributed by atoms with van der Waals surface area (Å²) in [7, 11) is 0. The summed E-state index contributed by atoms with van der Waals surface area (Å²) in [5.74, 6) is -1.33. The van der Waals surface area contributed by atoms with Gasteiger partial charge in [-0.3, -0.25) is 4.79 Å². The quantitative estimate of drug-likeness (QED) is 0.264. The Balaban J connectivity index is 1.41. The number of anilines is 1. The lowest BCUT2D eigenvalue weighted by Gasteiger charge is -2.17. The van der Waals surface area contributed by atoms with Crippen molar-refractivity contribution in [1.82, 2.24) is 20.5 Å². The van der Waals surface area contributed by atoms with Crippen LogP contribution >= 0.6 is 11.3 Å². The van der Waals surface area contributed by atoms with Gasteiger partial charge >= 0.3 is 5.97 Å². The number of carboxylic acids is 1. The Labute approximate surface area is 224 Å². The van der Waals surface area contributed by atoms with Crippen molar-refractivity contribution in [3.63, 3.8) is 0 Å². The van der Waals surface area contributed by atoms with Gasteiger partial charge in [-0.25, -0.2) is 14.2 Å². The lowest BCUT2D eigenvalue weighted by atomic mass is 9.98. The first-order valence-electron chi connectivity index (χ1n) is 12.1. The molecule has 8 nitrogen and oxygen atoms in total. The van der Waals surface area contributed by atoms with Crippen molar-refractivity contribution in [1.29, 1.82) is 0 Å². The van der Waals surface area contributed by atoms with Crippen LogP contribution in [-0.2, 0) is 24.2 Å². The van der Waals surface area contributed by atoms with Crippen molar-refractivity contribution < 1.29 is 19.1 Å². The van der Waals surface area contributed by atoms with Gasteiger partial charge < -0.3 is 15.7 Å². The molecule has 0 radical (unpaired) electrons. The highest BCUT2D eigenvalue weighted by atomic mass is 32.1. The standard InChI is InChI=1S/C28H28FN5O3S/c1-4-19-14-21(29)12-17(3)25(19)26(35)32-22(28(36)37)13-18-5-7-20(8-6-18)27-34-33-24(38-27)15-31-23-11-16(2)9-10-30-23/h5-12,14,22H,4,13,15H2,1-3H3,(H,30,31)(H,32,35)(H,36,37). The van der Waals surface area contributed by atoms with Crippen LogP contribution in [0, 0.1) is 19.7 Å². The van der Waals surface area contributed by atoms with Crippen LogP contribution in [0.2, 0.25) is 0 Å². The molecule has 0 fully saturated rings. The van der Waals surface area contributed by atoms with E-state index in [1.165, 1.54) is 23.5 Å². The van der Waals surface area contributed by atoms with Crippen molar-refractivity contribution in [3.8, 4) is 10.6 Å². The number of carboxylic acid groups (broad SMARTS) is 1. The summed E-state index contributed by atoms with van der Waals surface area (Å²) in [6.45, 7) is 5.96. The maximum Gasteiger partial charge on any atom is 0.326 e. The third-order valence-electron chi connectivity index (χ3n) is 6.04. The first kappa shape index (κ1) is 26.9. The molecule has 1 unspecified atom stereocenters. The fraction of sp³-hybridized carbons (Fsp3) is 0.250. The molecule has 0 spiro atoms. The molecule has 38 heavy (non-hydrogen) atoms. The Morgan fingerprint density at radius 1 is 1.08 bits per heavy atom. The van der Waals surface area contributed by atoms with Crippen LogP contribution in [0.3, 0.4) is 0 Å². The van der Waals surface area contributed by atoms with Crippen LogP contribution in [0.1, 0.15) is 44.5 Å². The number of rotatable bonds is 10. The van der Waals surface area contributed by atoms with E-state index in [0.29, 0.717) is 29.7 Å². The van der Waals surface area contributed by atoms with E-state index < -0.39 is 23.7 Å². The number of halogens is 1. The fourth-order valence-corrected chi connectivity index (χ4v) is 4.89. The second-order valence-electron chi connectivity index (χ2n) is 8.95. The third kappa shape index (κ3) is 6.57. The molecule has 1 atom stereocenters. The number of pyridine rings is 1. The van der Waals surface area contributed by atoms with Gasteiger partial charge in [0, 0.05) is 23.7 Å². The highest BCUT2D eigenvalue weighted by Crippen LogP contribution is 2.25. The molecule has 2 aromatic carbocycles. The second-order valence-corrected chi connectivity index (χ2v) is 10.0. The van der Waals surface area contributed by atoms with E-state index >= 15 is 0 Å². The highest BCUT2D eigenvalue weighted by Gasteiger charge is 2.24. The molecule has 4 aromatic rings. The Bertz CT molecular complexity index is 1460. The summed E-state index contributed by atoms with van der Waals surface area (Å²) in [4.78, 5) is 29.2. The predicted octanol–water partition coefficient (Wildman–Crippen LogP) is 4.96. The van der Waals surface area contributed by atoms with Gasteiger partial charge in [0.15, 0.2) is 0 Å². The Morgan fingerprint density at radius 3 is 2.53 bits per heavy atom. The van der Waals surface area contributed by atoms with Crippen molar-refractivity contribution in [2.24, 2.45) is 0 Å². The zero-order chi connectivity index (χ0) is 27.2. The van der Waals surface area contributed by atoms with Gasteiger partial charge in [0.05, 0.1) is 6.54 Å². The zero-order valence-electron chi connectivity index (χ0n) is 21.3. The summed E-state index contributed by atoms with van der Waals surface area (Å²) < 4.78 is 13.8. The number of carbonyl (C=O) groups is 2. The summed E-state index contributed by atoms with van der Waals surface area (Å²) in [5, 5.41) is 25.7. The average molecular weight is 534 g/mol. The Hall–Kier alpha value is -4.18. The van der Waals surface area contributed by atoms with Crippen LogP contribution < -0.4 is 10.6 Å². The van der Waals surface area contributed by atoms with Crippen molar-refractivity contribution in [3.05, 3.63) is 93.4 Å². The smallest absolute Gasteiger partial charge is 0.326 e. The Kier molecular flexibility index (Phi) is 8.42. The molecule has 0 aliphatic heterocycles. The number of amides is 1. The van der Waals surface area contributed by atoms with E-state index in [1.807, 2.05) is 50.2 Å². The monoisotopic (exact) mass is 533 g/mol. The molecule has 2 heterocycles. The normalized spacial score (nSPS) is 11.7. The largest absolute Gasteiger partial charge is 0.480 e. The van der Waals surface area contributed by atoms with Gasteiger partial charge in [-0.05, 0) is 66.8 Å². The average Bonchev–Trinajstić information content (AvgIpc) is 3.36.